The number of Topliss-reactive ketones (excluding diaryl/α,β-unsaturated/α-hetero) is 1. The van der Waals surface area contributed by atoms with Crippen molar-refractivity contribution in [2.45, 2.75) is 26.4 Å². The number of nitrogens with zero attached hydrogens (tertiary/aromatic N) is 1. The number of nitriles is 1. The Labute approximate surface area is 161 Å². The minimum absolute atomic E-state index is 0.000290. The van der Waals surface area contributed by atoms with Crippen LogP contribution in [0, 0.1) is 11.3 Å². The first-order valence-corrected chi connectivity index (χ1v) is 8.90. The molecule has 0 atom stereocenters. The molecule has 7 heteroatoms. The molecule has 2 aromatic rings. The Balaban J connectivity index is 2.25. The quantitative estimate of drug-likeness (QED) is 0.240. The van der Waals surface area contributed by atoms with Crippen LogP contribution in [0.15, 0.2) is 41.3 Å². The Hall–Kier alpha value is -3.11. The highest BCUT2D eigenvalue weighted by molar-refractivity contribution is 7.12. The molecule has 0 aliphatic rings. The van der Waals surface area contributed by atoms with Crippen LogP contribution >= 0.6 is 11.3 Å². The molecule has 0 spiro atoms. The smallest absolute Gasteiger partial charge is 0.493 e. The van der Waals surface area contributed by atoms with Crippen LogP contribution in [0.2, 0.25) is 0 Å². The molecule has 0 bridgehead atoms. The number of thiophene rings is 1. The summed E-state index contributed by atoms with van der Waals surface area (Å²) in [6.07, 6.45) is 0.608. The minimum Gasteiger partial charge on any atom is -0.493 e. The largest absolute Gasteiger partial charge is 0.514 e. The second kappa shape index (κ2) is 8.52. The molecular weight excluding hydrogens is 366 g/mol. The van der Waals surface area contributed by atoms with Gasteiger partial charge in [0.25, 0.3) is 0 Å². The highest BCUT2D eigenvalue weighted by Gasteiger charge is 2.20. The molecule has 6 nitrogen and oxygen atoms in total. The van der Waals surface area contributed by atoms with Crippen molar-refractivity contribution >= 4 is 29.4 Å². The third-order valence-corrected chi connectivity index (χ3v) is 4.06. The minimum atomic E-state index is -0.852. The summed E-state index contributed by atoms with van der Waals surface area (Å²) in [7, 11) is 1.42. The zero-order chi connectivity index (χ0) is 20.0. The van der Waals surface area contributed by atoms with Crippen LogP contribution in [0.1, 0.15) is 36.0 Å². The summed E-state index contributed by atoms with van der Waals surface area (Å²) in [4.78, 5) is 24.7. The Kier molecular flexibility index (Phi) is 6.37. The SMILES string of the molecule is COc1cc(/C=C(\C#N)C(=O)c2cccs2)ccc1OC(=O)OC(C)(C)C. The summed E-state index contributed by atoms with van der Waals surface area (Å²) >= 11 is 1.27. The second-order valence-electron chi connectivity index (χ2n) is 6.45. The van der Waals surface area contributed by atoms with Gasteiger partial charge in [-0.2, -0.15) is 5.26 Å². The number of carbonyl (C=O) groups excluding carboxylic acids is 2. The molecule has 0 amide bonds. The molecule has 1 aromatic carbocycles. The van der Waals surface area contributed by atoms with Crippen LogP contribution in [0.3, 0.4) is 0 Å². The third kappa shape index (κ3) is 5.69. The maximum absolute atomic E-state index is 12.3. The topological polar surface area (TPSA) is 85.6 Å². The van der Waals surface area contributed by atoms with Gasteiger partial charge in [0.1, 0.15) is 17.2 Å². The molecular formula is C20H19NO5S. The van der Waals surface area contributed by atoms with Crippen LogP contribution in [0.4, 0.5) is 4.79 Å². The number of benzene rings is 1. The van der Waals surface area contributed by atoms with E-state index in [0.717, 1.165) is 0 Å². The lowest BCUT2D eigenvalue weighted by atomic mass is 10.1. The third-order valence-electron chi connectivity index (χ3n) is 3.19. The van der Waals surface area contributed by atoms with E-state index in [4.69, 9.17) is 14.2 Å². The standard InChI is InChI=1S/C20H19NO5S/c1-20(2,3)26-19(23)25-15-8-7-13(11-16(15)24-4)10-14(12-21)18(22)17-6-5-9-27-17/h5-11H,1-4H3/b14-10+. The van der Waals surface area contributed by atoms with Gasteiger partial charge >= 0.3 is 6.16 Å². The van der Waals surface area contributed by atoms with Crippen molar-refractivity contribution in [3.8, 4) is 17.6 Å². The number of allylic oxidation sites excluding steroid dienone is 1. The molecule has 2 rings (SSSR count). The number of methoxy groups -OCH3 is 1. The van der Waals surface area contributed by atoms with Gasteiger partial charge in [0, 0.05) is 0 Å². The van der Waals surface area contributed by atoms with Crippen LogP contribution in [-0.2, 0) is 4.74 Å². The zero-order valence-corrected chi connectivity index (χ0v) is 16.3. The van der Waals surface area contributed by atoms with E-state index in [9.17, 15) is 14.9 Å². The van der Waals surface area contributed by atoms with Crippen LogP contribution < -0.4 is 9.47 Å². The fourth-order valence-electron chi connectivity index (χ4n) is 2.07. The van der Waals surface area contributed by atoms with Crippen molar-refractivity contribution in [1.82, 2.24) is 0 Å². The Morgan fingerprint density at radius 2 is 1.93 bits per heavy atom. The molecule has 0 aliphatic heterocycles. The Bertz CT molecular complexity index is 901. The van der Waals surface area contributed by atoms with Gasteiger partial charge in [0.2, 0.25) is 5.78 Å². The van der Waals surface area contributed by atoms with Gasteiger partial charge in [-0.3, -0.25) is 4.79 Å². The number of ether oxygens (including phenoxy) is 3. The van der Waals surface area contributed by atoms with E-state index in [0.29, 0.717) is 10.4 Å². The van der Waals surface area contributed by atoms with E-state index < -0.39 is 11.8 Å². The molecule has 27 heavy (non-hydrogen) atoms. The zero-order valence-electron chi connectivity index (χ0n) is 15.4. The maximum Gasteiger partial charge on any atom is 0.514 e. The summed E-state index contributed by atoms with van der Waals surface area (Å²) in [6.45, 7) is 5.19. The van der Waals surface area contributed by atoms with Gasteiger partial charge in [-0.05, 0) is 56.0 Å². The van der Waals surface area contributed by atoms with Crippen LogP contribution in [0.25, 0.3) is 6.08 Å². The molecule has 1 heterocycles. The van der Waals surface area contributed by atoms with Crippen molar-refractivity contribution in [3.05, 3.63) is 51.7 Å². The van der Waals surface area contributed by atoms with E-state index in [1.807, 2.05) is 6.07 Å². The van der Waals surface area contributed by atoms with E-state index in [2.05, 4.69) is 0 Å². The molecule has 0 saturated carbocycles. The highest BCUT2D eigenvalue weighted by Crippen LogP contribution is 2.30. The van der Waals surface area contributed by atoms with E-state index >= 15 is 0 Å². The van der Waals surface area contributed by atoms with Crippen molar-refractivity contribution in [3.63, 3.8) is 0 Å². The molecule has 1 aromatic heterocycles. The summed E-state index contributed by atoms with van der Waals surface area (Å²) in [5.41, 5.74) is -0.123. The Morgan fingerprint density at radius 1 is 1.19 bits per heavy atom. The molecule has 140 valence electrons. The number of hydrogen-bond acceptors (Lipinski definition) is 7. The number of hydrogen-bond donors (Lipinski definition) is 0. The van der Waals surface area contributed by atoms with Gasteiger partial charge in [-0.15, -0.1) is 11.3 Å². The van der Waals surface area contributed by atoms with Crippen molar-refractivity contribution < 1.29 is 23.8 Å². The Morgan fingerprint density at radius 3 is 2.48 bits per heavy atom. The fourth-order valence-corrected chi connectivity index (χ4v) is 2.75. The second-order valence-corrected chi connectivity index (χ2v) is 7.40. The molecule has 0 saturated heterocycles. The van der Waals surface area contributed by atoms with Crippen molar-refractivity contribution in [1.29, 1.82) is 5.26 Å². The summed E-state index contributed by atoms with van der Waals surface area (Å²) in [6, 6.07) is 10.0. The van der Waals surface area contributed by atoms with E-state index in [-0.39, 0.29) is 22.9 Å². The lowest BCUT2D eigenvalue weighted by molar-refractivity contribution is 0.0201. The first kappa shape index (κ1) is 20.2. The maximum atomic E-state index is 12.3. The molecule has 0 fully saturated rings. The van der Waals surface area contributed by atoms with Gasteiger partial charge in [0.05, 0.1) is 12.0 Å². The molecule has 0 aliphatic carbocycles. The summed E-state index contributed by atoms with van der Waals surface area (Å²) in [5, 5.41) is 11.1. The molecule has 0 unspecified atom stereocenters. The van der Waals surface area contributed by atoms with Crippen LogP contribution in [0.5, 0.6) is 11.5 Å². The molecule has 0 radical (unpaired) electrons. The van der Waals surface area contributed by atoms with Gasteiger partial charge in [0.15, 0.2) is 11.5 Å². The average molecular weight is 385 g/mol. The number of ketones is 1. The lowest BCUT2D eigenvalue weighted by Gasteiger charge is -2.19. The van der Waals surface area contributed by atoms with Gasteiger partial charge in [-0.1, -0.05) is 12.1 Å². The summed E-state index contributed by atoms with van der Waals surface area (Å²) in [5.74, 6) is 0.100. The normalized spacial score (nSPS) is 11.4. The number of rotatable bonds is 5. The highest BCUT2D eigenvalue weighted by atomic mass is 32.1. The fraction of sp³-hybridized carbons (Fsp3) is 0.250. The number of carbonyl (C=O) groups is 2. The lowest BCUT2D eigenvalue weighted by Crippen LogP contribution is -2.26. The summed E-state index contributed by atoms with van der Waals surface area (Å²) < 4.78 is 15.5. The molecule has 0 N–H and O–H groups in total. The van der Waals surface area contributed by atoms with E-state index in [1.54, 1.807) is 50.4 Å². The monoisotopic (exact) mass is 385 g/mol. The average Bonchev–Trinajstić information content (AvgIpc) is 3.13. The first-order valence-electron chi connectivity index (χ1n) is 8.02. The predicted molar refractivity (Wildman–Crippen MR) is 102 cm³/mol. The van der Waals surface area contributed by atoms with E-state index in [1.165, 1.54) is 30.6 Å². The van der Waals surface area contributed by atoms with Crippen molar-refractivity contribution in [2.75, 3.05) is 7.11 Å². The van der Waals surface area contributed by atoms with Gasteiger partial charge < -0.3 is 14.2 Å². The van der Waals surface area contributed by atoms with Gasteiger partial charge in [-0.25, -0.2) is 4.79 Å². The first-order chi connectivity index (χ1) is 12.7. The van der Waals surface area contributed by atoms with Crippen molar-refractivity contribution in [2.24, 2.45) is 0 Å². The van der Waals surface area contributed by atoms with Crippen LogP contribution in [-0.4, -0.2) is 24.6 Å². The predicted octanol–water partition coefficient (Wildman–Crippen LogP) is 4.86.